The Morgan fingerprint density at radius 1 is 0.325 bits per heavy atom. The highest BCUT2D eigenvalue weighted by Gasteiger charge is 2.36. The van der Waals surface area contributed by atoms with E-state index in [9.17, 15) is 5.11 Å². The van der Waals surface area contributed by atoms with Gasteiger partial charge < -0.3 is 9.76 Å². The molecule has 0 amide bonds. The highest BCUT2D eigenvalue weighted by atomic mass is 16.5. The van der Waals surface area contributed by atoms with Gasteiger partial charge in [0.2, 0.25) is 0 Å². The summed E-state index contributed by atoms with van der Waals surface area (Å²) in [5.41, 5.74) is 23.3. The molecule has 0 saturated carbocycles. The van der Waals surface area contributed by atoms with Gasteiger partial charge in [0.05, 0.1) is 22.6 Å². The van der Waals surface area contributed by atoms with Crippen LogP contribution in [0.5, 0.6) is 0 Å². The topological polar surface area (TPSA) is 55.2 Å². The Balaban J connectivity index is 0.895. The van der Waals surface area contributed by atoms with E-state index < -0.39 is 11.2 Å². The first-order chi connectivity index (χ1) is 37.3. The Labute approximate surface area is 454 Å². The first-order valence-electron chi connectivity index (χ1n) is 26.4. The minimum Gasteiger partial charge on any atom is -0.427 e. The average molecular weight is 996 g/mol. The zero-order valence-corrected chi connectivity index (χ0v) is 44.5. The van der Waals surface area contributed by atoms with Crippen LogP contribution in [-0.2, 0) is 4.65 Å². The summed E-state index contributed by atoms with van der Waals surface area (Å²) in [6, 6.07) is 84.0. The van der Waals surface area contributed by atoms with Crippen molar-refractivity contribution >= 4 is 12.9 Å². The van der Waals surface area contributed by atoms with Gasteiger partial charge >= 0.3 is 7.48 Å². The minimum absolute atomic E-state index is 0.856. The van der Waals surface area contributed by atoms with Gasteiger partial charge in [-0.3, -0.25) is 9.97 Å². The molecule has 1 N–H and O–H groups in total. The summed E-state index contributed by atoms with van der Waals surface area (Å²) in [7, 11) is 1.79. The third-order valence-corrected chi connectivity index (χ3v) is 15.2. The van der Waals surface area contributed by atoms with Crippen LogP contribution in [-0.4, -0.2) is 33.8 Å². The normalized spacial score (nSPS) is 11.6. The maximum atomic E-state index is 11.1. The van der Waals surface area contributed by atoms with E-state index in [1.165, 1.54) is 33.4 Å². The SMILES string of the molecule is Cc1cc(-c2ccc(-c3ccccc3-c3cc([B]OC(C)(C)C(C)(C)O)cc(-c4ccccc4-c4ccc(-c5cc(C)c(-c6cccc(-c7ccccc7)c6)cn5)cc4)c3)cc2)ncc1-c1cccc(-c2ccccc2)c1. The molecular formula is C72H60BN2O2. The van der Waals surface area contributed by atoms with Crippen LogP contribution in [0.1, 0.15) is 38.8 Å². The molecule has 77 heavy (non-hydrogen) atoms. The van der Waals surface area contributed by atoms with Crippen molar-refractivity contribution in [2.75, 3.05) is 0 Å². The standard InChI is InChI=1S/C72H60BN2O2/c1-48-39-69(74-46-67(48)58-25-17-23-56(41-58)50-19-9-7-10-20-50)54-35-31-52(32-36-54)63-27-13-15-29-65(63)60-43-61(45-62(44-60)73-77-72(5,6)71(3,4)76)66-30-16-14-28-64(66)53-33-37-55(38-34-53)70-40-49(2)68(47-75-70)59-26-18-24-57(42-59)51-21-11-8-12-22-51/h7-47,76H,1-6H3. The van der Waals surface area contributed by atoms with Crippen LogP contribution in [0, 0.1) is 13.8 Å². The molecule has 0 spiro atoms. The van der Waals surface area contributed by atoms with Crippen molar-refractivity contribution in [1.82, 2.24) is 9.97 Å². The third-order valence-electron chi connectivity index (χ3n) is 15.2. The van der Waals surface area contributed by atoms with E-state index in [4.69, 9.17) is 14.6 Å². The number of aryl methyl sites for hydroxylation is 2. The van der Waals surface area contributed by atoms with E-state index in [-0.39, 0.29) is 0 Å². The number of benzene rings is 9. The van der Waals surface area contributed by atoms with Gasteiger partial charge in [-0.2, -0.15) is 0 Å². The van der Waals surface area contributed by atoms with Crippen LogP contribution >= 0.6 is 0 Å². The molecule has 11 rings (SSSR count). The first kappa shape index (κ1) is 50.4. The van der Waals surface area contributed by atoms with E-state index >= 15 is 0 Å². The molecule has 1 radical (unpaired) electrons. The lowest BCUT2D eigenvalue weighted by Gasteiger charge is -2.37. The van der Waals surface area contributed by atoms with Crippen molar-refractivity contribution in [3.05, 3.63) is 260 Å². The summed E-state index contributed by atoms with van der Waals surface area (Å²) in [4.78, 5) is 9.98. The summed E-state index contributed by atoms with van der Waals surface area (Å²) in [6.45, 7) is 11.7. The number of aromatic nitrogens is 2. The fourth-order valence-electron chi connectivity index (χ4n) is 10.0. The summed E-state index contributed by atoms with van der Waals surface area (Å²) in [5.74, 6) is 0. The maximum Gasteiger partial charge on any atom is 0.330 e. The van der Waals surface area contributed by atoms with E-state index in [1.807, 2.05) is 38.4 Å². The molecule has 373 valence electrons. The molecule has 0 unspecified atom stereocenters. The zero-order valence-electron chi connectivity index (χ0n) is 44.5. The van der Waals surface area contributed by atoms with Crippen molar-refractivity contribution in [3.8, 4) is 112 Å². The van der Waals surface area contributed by atoms with Crippen molar-refractivity contribution in [2.24, 2.45) is 0 Å². The van der Waals surface area contributed by atoms with Crippen LogP contribution in [0.25, 0.3) is 112 Å². The highest BCUT2D eigenvalue weighted by molar-refractivity contribution is 6.47. The number of nitrogens with zero attached hydrogens (tertiary/aromatic N) is 2. The van der Waals surface area contributed by atoms with Crippen LogP contribution in [0.2, 0.25) is 0 Å². The smallest absolute Gasteiger partial charge is 0.330 e. The Morgan fingerprint density at radius 2 is 0.662 bits per heavy atom. The predicted molar refractivity (Wildman–Crippen MR) is 323 cm³/mol. The fraction of sp³-hybridized carbons (Fsp3) is 0.111. The summed E-state index contributed by atoms with van der Waals surface area (Å²) >= 11 is 0. The second-order valence-corrected chi connectivity index (χ2v) is 21.1. The average Bonchev–Trinajstić information content (AvgIpc) is 3.48. The summed E-state index contributed by atoms with van der Waals surface area (Å²) in [6.07, 6.45) is 4.01. The second kappa shape index (κ2) is 21.5. The molecule has 0 atom stereocenters. The van der Waals surface area contributed by atoms with Crippen molar-refractivity contribution in [1.29, 1.82) is 0 Å². The molecular weight excluding hydrogens is 936 g/mol. The lowest BCUT2D eigenvalue weighted by Crippen LogP contribution is -2.49. The Hall–Kier alpha value is -8.74. The molecule has 0 saturated heterocycles. The number of aliphatic hydroxyl groups is 1. The van der Waals surface area contributed by atoms with E-state index in [2.05, 4.69) is 238 Å². The number of hydrogen-bond acceptors (Lipinski definition) is 4. The Bertz CT molecular complexity index is 3640. The van der Waals surface area contributed by atoms with Gasteiger partial charge in [-0.05, 0) is 161 Å². The largest absolute Gasteiger partial charge is 0.427 e. The van der Waals surface area contributed by atoms with Crippen molar-refractivity contribution < 1.29 is 9.76 Å². The molecule has 2 heterocycles. The molecule has 4 nitrogen and oxygen atoms in total. The fourth-order valence-corrected chi connectivity index (χ4v) is 10.0. The van der Waals surface area contributed by atoms with Crippen molar-refractivity contribution in [2.45, 2.75) is 52.7 Å². The first-order valence-corrected chi connectivity index (χ1v) is 26.4. The van der Waals surface area contributed by atoms with Gasteiger partial charge in [0.15, 0.2) is 0 Å². The second-order valence-electron chi connectivity index (χ2n) is 21.1. The summed E-state index contributed by atoms with van der Waals surface area (Å²) < 4.78 is 6.44. The Morgan fingerprint density at radius 3 is 1.05 bits per heavy atom. The van der Waals surface area contributed by atoms with Crippen LogP contribution < -0.4 is 5.46 Å². The van der Waals surface area contributed by atoms with E-state index in [0.717, 1.165) is 94.7 Å². The van der Waals surface area contributed by atoms with E-state index in [0.29, 0.717) is 0 Å². The summed E-state index contributed by atoms with van der Waals surface area (Å²) in [5, 5.41) is 11.1. The van der Waals surface area contributed by atoms with Gasteiger partial charge in [-0.25, -0.2) is 0 Å². The van der Waals surface area contributed by atoms with Gasteiger partial charge in [0.25, 0.3) is 0 Å². The number of rotatable bonds is 14. The maximum absolute atomic E-state index is 11.1. The molecule has 9 aromatic carbocycles. The van der Waals surface area contributed by atoms with Gasteiger partial charge in [-0.1, -0.05) is 212 Å². The molecule has 0 aliphatic carbocycles. The van der Waals surface area contributed by atoms with Crippen LogP contribution in [0.4, 0.5) is 0 Å². The van der Waals surface area contributed by atoms with Crippen molar-refractivity contribution in [3.63, 3.8) is 0 Å². The monoisotopic (exact) mass is 995 g/mol. The zero-order chi connectivity index (χ0) is 53.1. The lowest BCUT2D eigenvalue weighted by atomic mass is 9.79. The molecule has 0 bridgehead atoms. The van der Waals surface area contributed by atoms with Crippen LogP contribution in [0.15, 0.2) is 249 Å². The van der Waals surface area contributed by atoms with E-state index in [1.54, 1.807) is 21.3 Å². The molecule has 2 aromatic heterocycles. The van der Waals surface area contributed by atoms with Gasteiger partial charge in [0.1, 0.15) is 0 Å². The number of pyridine rings is 2. The molecule has 5 heteroatoms. The molecule has 11 aromatic rings. The lowest BCUT2D eigenvalue weighted by molar-refractivity contribution is -0.0893. The molecule has 0 fully saturated rings. The Kier molecular flexibility index (Phi) is 14.1. The van der Waals surface area contributed by atoms with Gasteiger partial charge in [0, 0.05) is 34.6 Å². The van der Waals surface area contributed by atoms with Crippen LogP contribution in [0.3, 0.4) is 0 Å². The highest BCUT2D eigenvalue weighted by Crippen LogP contribution is 2.39. The molecule has 0 aliphatic heterocycles. The third kappa shape index (κ3) is 10.9. The minimum atomic E-state index is -1.09. The number of hydrogen-bond donors (Lipinski definition) is 1. The quantitative estimate of drug-likeness (QED) is 0.110. The predicted octanol–water partition coefficient (Wildman–Crippen LogP) is 17.6. The molecule has 0 aliphatic rings. The van der Waals surface area contributed by atoms with Gasteiger partial charge in [-0.15, -0.1) is 0 Å².